The minimum Gasteiger partial charge on any atom is -0.397 e. The van der Waals surface area contributed by atoms with Crippen LogP contribution in [0.5, 0.6) is 0 Å². The second-order valence-electron chi connectivity index (χ2n) is 4.36. The van der Waals surface area contributed by atoms with Crippen LogP contribution in [0.2, 0.25) is 0 Å². The molecule has 1 unspecified atom stereocenters. The van der Waals surface area contributed by atoms with Gasteiger partial charge in [0, 0.05) is 18.7 Å². The van der Waals surface area contributed by atoms with E-state index < -0.39 is 0 Å². The van der Waals surface area contributed by atoms with Gasteiger partial charge in [-0.15, -0.1) is 0 Å². The maximum atomic E-state index is 13.4. The molecule has 4 N–H and O–H groups in total. The molecule has 1 aromatic rings. The normalized spacial score (nSPS) is 12.8. The van der Waals surface area contributed by atoms with E-state index in [4.69, 9.17) is 10.8 Å². The average Bonchev–Trinajstić information content (AvgIpc) is 2.24. The second-order valence-corrected chi connectivity index (χ2v) is 5.22. The first-order valence-electron chi connectivity index (χ1n) is 5.57. The summed E-state index contributed by atoms with van der Waals surface area (Å²) in [7, 11) is 0. The van der Waals surface area contributed by atoms with E-state index in [1.807, 2.05) is 13.8 Å². The van der Waals surface area contributed by atoms with E-state index in [2.05, 4.69) is 21.2 Å². The van der Waals surface area contributed by atoms with Crippen molar-refractivity contribution >= 4 is 27.3 Å². The van der Waals surface area contributed by atoms with Crippen LogP contribution in [-0.4, -0.2) is 17.8 Å². The molecule has 0 aliphatic carbocycles. The molecule has 1 aromatic carbocycles. The molecule has 0 saturated heterocycles. The zero-order valence-electron chi connectivity index (χ0n) is 10.0. The summed E-state index contributed by atoms with van der Waals surface area (Å²) in [4.78, 5) is 0. The molecule has 0 aliphatic heterocycles. The van der Waals surface area contributed by atoms with E-state index in [9.17, 15) is 4.39 Å². The Hall–Kier alpha value is -0.810. The zero-order valence-corrected chi connectivity index (χ0v) is 11.6. The number of nitrogen functional groups attached to an aromatic ring is 1. The van der Waals surface area contributed by atoms with Crippen molar-refractivity contribution in [3.63, 3.8) is 0 Å². The molecule has 5 heteroatoms. The lowest BCUT2D eigenvalue weighted by Gasteiger charge is -2.23. The van der Waals surface area contributed by atoms with Crippen LogP contribution in [0.3, 0.4) is 0 Å². The van der Waals surface area contributed by atoms with E-state index >= 15 is 0 Å². The predicted octanol–water partition coefficient (Wildman–Crippen LogP) is 2.99. The first-order chi connectivity index (χ1) is 7.95. The Balaban J connectivity index is 2.89. The lowest BCUT2D eigenvalue weighted by atomic mass is 10.0. The molecule has 1 rings (SSSR count). The summed E-state index contributed by atoms with van der Waals surface area (Å²) in [6.07, 6.45) is 0.606. The zero-order chi connectivity index (χ0) is 13.0. The van der Waals surface area contributed by atoms with Gasteiger partial charge in [-0.1, -0.05) is 13.8 Å². The van der Waals surface area contributed by atoms with E-state index in [0.717, 1.165) is 0 Å². The second kappa shape index (κ2) is 6.21. The van der Waals surface area contributed by atoms with Crippen molar-refractivity contribution in [2.75, 3.05) is 17.7 Å². The third kappa shape index (κ3) is 3.85. The minimum atomic E-state index is -0.354. The van der Waals surface area contributed by atoms with Crippen LogP contribution in [0, 0.1) is 11.7 Å². The number of nitrogens with one attached hydrogen (secondary N) is 1. The van der Waals surface area contributed by atoms with Gasteiger partial charge in [0.25, 0.3) is 0 Å². The van der Waals surface area contributed by atoms with Crippen LogP contribution in [0.1, 0.15) is 20.3 Å². The monoisotopic (exact) mass is 304 g/mol. The molecule has 0 fully saturated rings. The SMILES string of the molecule is CC(C)C(CCO)Nc1cc(F)c(Br)cc1N. The number of aliphatic hydroxyl groups excluding tert-OH is 1. The Morgan fingerprint density at radius 1 is 1.47 bits per heavy atom. The van der Waals surface area contributed by atoms with Crippen molar-refractivity contribution < 1.29 is 9.50 Å². The molecule has 0 heterocycles. The van der Waals surface area contributed by atoms with E-state index in [1.165, 1.54) is 12.1 Å². The average molecular weight is 305 g/mol. The van der Waals surface area contributed by atoms with E-state index in [0.29, 0.717) is 28.2 Å². The van der Waals surface area contributed by atoms with Crippen LogP contribution in [0.4, 0.5) is 15.8 Å². The number of nitrogens with two attached hydrogens (primary N) is 1. The van der Waals surface area contributed by atoms with E-state index in [1.54, 1.807) is 0 Å². The first-order valence-corrected chi connectivity index (χ1v) is 6.37. The van der Waals surface area contributed by atoms with Crippen LogP contribution in [0.25, 0.3) is 0 Å². The van der Waals surface area contributed by atoms with Crippen LogP contribution in [-0.2, 0) is 0 Å². The van der Waals surface area contributed by atoms with Gasteiger partial charge in [-0.2, -0.15) is 0 Å². The fourth-order valence-corrected chi connectivity index (χ4v) is 1.96. The smallest absolute Gasteiger partial charge is 0.139 e. The summed E-state index contributed by atoms with van der Waals surface area (Å²) in [5.41, 5.74) is 6.87. The van der Waals surface area contributed by atoms with Crippen molar-refractivity contribution in [3.05, 3.63) is 22.4 Å². The molecule has 1 atom stereocenters. The third-order valence-electron chi connectivity index (χ3n) is 2.68. The quantitative estimate of drug-likeness (QED) is 0.733. The summed E-state index contributed by atoms with van der Waals surface area (Å²) in [6.45, 7) is 4.17. The maximum absolute atomic E-state index is 13.4. The van der Waals surface area contributed by atoms with Gasteiger partial charge in [-0.05, 0) is 34.3 Å². The largest absolute Gasteiger partial charge is 0.397 e. The highest BCUT2D eigenvalue weighted by Gasteiger charge is 2.15. The van der Waals surface area contributed by atoms with Crippen LogP contribution < -0.4 is 11.1 Å². The number of benzene rings is 1. The summed E-state index contributed by atoms with van der Waals surface area (Å²) >= 11 is 3.08. The number of hydrogen-bond donors (Lipinski definition) is 3. The van der Waals surface area contributed by atoms with Crippen molar-refractivity contribution in [3.8, 4) is 0 Å². The van der Waals surface area contributed by atoms with Gasteiger partial charge < -0.3 is 16.2 Å². The molecular formula is C12H18BrFN2O. The first kappa shape index (κ1) is 14.3. The summed E-state index contributed by atoms with van der Waals surface area (Å²) < 4.78 is 13.8. The Bertz CT molecular complexity index is 385. The summed E-state index contributed by atoms with van der Waals surface area (Å²) in [5, 5.41) is 12.1. The van der Waals surface area contributed by atoms with Crippen molar-refractivity contribution in [2.24, 2.45) is 5.92 Å². The fraction of sp³-hybridized carbons (Fsp3) is 0.500. The molecule has 0 radical (unpaired) electrons. The number of hydrogen-bond acceptors (Lipinski definition) is 3. The number of aliphatic hydroxyl groups is 1. The highest BCUT2D eigenvalue weighted by atomic mass is 79.9. The Labute approximate surface area is 109 Å². The van der Waals surface area contributed by atoms with Gasteiger partial charge in [0.05, 0.1) is 15.8 Å². The van der Waals surface area contributed by atoms with Crippen molar-refractivity contribution in [2.45, 2.75) is 26.3 Å². The van der Waals surface area contributed by atoms with Crippen LogP contribution in [0.15, 0.2) is 16.6 Å². The number of halogens is 2. The molecule has 0 amide bonds. The van der Waals surface area contributed by atoms with Gasteiger partial charge in [0.2, 0.25) is 0 Å². The Kier molecular flexibility index (Phi) is 5.21. The molecule has 17 heavy (non-hydrogen) atoms. The highest BCUT2D eigenvalue weighted by Crippen LogP contribution is 2.28. The van der Waals surface area contributed by atoms with Gasteiger partial charge in [0.15, 0.2) is 0 Å². The Morgan fingerprint density at radius 2 is 2.12 bits per heavy atom. The third-order valence-corrected chi connectivity index (χ3v) is 3.29. The van der Waals surface area contributed by atoms with Gasteiger partial charge in [-0.25, -0.2) is 4.39 Å². The van der Waals surface area contributed by atoms with Crippen LogP contribution >= 0.6 is 15.9 Å². The molecule has 0 spiro atoms. The molecule has 0 saturated carbocycles. The molecule has 96 valence electrons. The van der Waals surface area contributed by atoms with Gasteiger partial charge in [-0.3, -0.25) is 0 Å². The molecular weight excluding hydrogens is 287 g/mol. The predicted molar refractivity (Wildman–Crippen MR) is 72.5 cm³/mol. The molecule has 0 aromatic heterocycles. The Morgan fingerprint density at radius 3 is 2.65 bits per heavy atom. The standard InChI is InChI=1S/C12H18BrFN2O/c1-7(2)11(3-4-17)16-12-6-9(14)8(13)5-10(12)15/h5-7,11,16-17H,3-4,15H2,1-2H3. The maximum Gasteiger partial charge on any atom is 0.139 e. The van der Waals surface area contributed by atoms with E-state index in [-0.39, 0.29) is 18.5 Å². The number of rotatable bonds is 5. The lowest BCUT2D eigenvalue weighted by Crippen LogP contribution is -2.27. The number of anilines is 2. The molecule has 3 nitrogen and oxygen atoms in total. The minimum absolute atomic E-state index is 0.0721. The van der Waals surface area contributed by atoms with Crippen molar-refractivity contribution in [1.29, 1.82) is 0 Å². The highest BCUT2D eigenvalue weighted by molar-refractivity contribution is 9.10. The topological polar surface area (TPSA) is 58.3 Å². The van der Waals surface area contributed by atoms with Crippen molar-refractivity contribution in [1.82, 2.24) is 0 Å². The van der Waals surface area contributed by atoms with Gasteiger partial charge in [0.1, 0.15) is 5.82 Å². The summed E-state index contributed by atoms with van der Waals surface area (Å²) in [5.74, 6) is -0.0264. The molecule has 0 aliphatic rings. The lowest BCUT2D eigenvalue weighted by molar-refractivity contribution is 0.267. The summed E-state index contributed by atoms with van der Waals surface area (Å²) in [6, 6.07) is 2.98. The molecule has 0 bridgehead atoms. The van der Waals surface area contributed by atoms with Gasteiger partial charge >= 0.3 is 0 Å². The fourth-order valence-electron chi connectivity index (χ4n) is 1.60.